The number of halogens is 1. The second-order valence-corrected chi connectivity index (χ2v) is 5.86. The van der Waals surface area contributed by atoms with Crippen molar-refractivity contribution in [2.24, 2.45) is 0 Å². The molecular weight excluding hydrogens is 349 g/mol. The highest BCUT2D eigenvalue weighted by Crippen LogP contribution is 2.31. The summed E-state index contributed by atoms with van der Waals surface area (Å²) in [5.41, 5.74) is 3.65. The van der Waals surface area contributed by atoms with Gasteiger partial charge in [0.1, 0.15) is 28.2 Å². The third-order valence-corrected chi connectivity index (χ3v) is 4.24. The minimum atomic E-state index is -1.06. The third-order valence-electron chi connectivity index (χ3n) is 4.24. The molecule has 0 aliphatic heterocycles. The van der Waals surface area contributed by atoms with E-state index in [4.69, 9.17) is 4.74 Å². The van der Waals surface area contributed by atoms with Crippen LogP contribution in [0.3, 0.4) is 0 Å². The van der Waals surface area contributed by atoms with E-state index in [0.717, 1.165) is 11.1 Å². The number of nitrogens with zero attached hydrogens (tertiary/aromatic N) is 3. The zero-order chi connectivity index (χ0) is 19.0. The van der Waals surface area contributed by atoms with Gasteiger partial charge in [0.25, 0.3) is 0 Å². The van der Waals surface area contributed by atoms with Gasteiger partial charge in [0.05, 0.1) is 19.0 Å². The molecule has 1 N–H and O–H groups in total. The first-order chi connectivity index (χ1) is 13.1. The number of carboxylic acids is 1. The van der Waals surface area contributed by atoms with Gasteiger partial charge in [0.15, 0.2) is 0 Å². The van der Waals surface area contributed by atoms with E-state index in [2.05, 4.69) is 10.1 Å². The van der Waals surface area contributed by atoms with Gasteiger partial charge >= 0.3 is 5.97 Å². The molecule has 0 fully saturated rings. The van der Waals surface area contributed by atoms with Crippen LogP contribution >= 0.6 is 0 Å². The number of benzene rings is 2. The first-order valence-electron chi connectivity index (χ1n) is 8.09. The van der Waals surface area contributed by atoms with Crippen molar-refractivity contribution in [2.75, 3.05) is 7.11 Å². The van der Waals surface area contributed by atoms with Crippen molar-refractivity contribution in [3.8, 4) is 22.6 Å². The lowest BCUT2D eigenvalue weighted by molar-refractivity contribution is 0.0693. The predicted octanol–water partition coefficient (Wildman–Crippen LogP) is 3.93. The number of hydrogen-bond acceptors (Lipinski definition) is 4. The number of aromatic nitrogens is 3. The molecule has 7 heteroatoms. The fourth-order valence-electron chi connectivity index (χ4n) is 2.92. The molecule has 27 heavy (non-hydrogen) atoms. The summed E-state index contributed by atoms with van der Waals surface area (Å²) < 4.78 is 20.0. The van der Waals surface area contributed by atoms with Gasteiger partial charge in [0.2, 0.25) is 0 Å². The van der Waals surface area contributed by atoms with Gasteiger partial charge in [-0.3, -0.25) is 4.98 Å². The molecule has 4 aromatic rings. The van der Waals surface area contributed by atoms with Crippen LogP contribution in [0.4, 0.5) is 4.39 Å². The van der Waals surface area contributed by atoms with Crippen LogP contribution in [0.25, 0.3) is 27.8 Å². The summed E-state index contributed by atoms with van der Waals surface area (Å²) >= 11 is 0. The molecule has 2 aromatic heterocycles. The number of rotatable bonds is 4. The van der Waals surface area contributed by atoms with Crippen LogP contribution in [-0.2, 0) is 0 Å². The smallest absolute Gasteiger partial charge is 0.339 e. The lowest BCUT2D eigenvalue weighted by Crippen LogP contribution is -2.00. The van der Waals surface area contributed by atoms with E-state index in [-0.39, 0.29) is 17.1 Å². The molecule has 2 aromatic carbocycles. The van der Waals surface area contributed by atoms with E-state index >= 15 is 0 Å². The number of pyridine rings is 1. The molecule has 0 aliphatic rings. The molecule has 2 heterocycles. The van der Waals surface area contributed by atoms with E-state index in [0.29, 0.717) is 16.7 Å². The number of hydrogen-bond donors (Lipinski definition) is 1. The zero-order valence-electron chi connectivity index (χ0n) is 14.3. The normalized spacial score (nSPS) is 10.9. The molecule has 0 saturated carbocycles. The second kappa shape index (κ2) is 6.53. The van der Waals surface area contributed by atoms with Gasteiger partial charge in [-0.15, -0.1) is 0 Å². The molecule has 0 radical (unpaired) electrons. The Hall–Kier alpha value is -3.74. The van der Waals surface area contributed by atoms with Crippen molar-refractivity contribution in [1.82, 2.24) is 14.8 Å². The van der Waals surface area contributed by atoms with Crippen molar-refractivity contribution in [1.29, 1.82) is 0 Å². The van der Waals surface area contributed by atoms with Crippen molar-refractivity contribution < 1.29 is 19.0 Å². The first kappa shape index (κ1) is 16.7. The minimum absolute atomic E-state index is 0.0865. The van der Waals surface area contributed by atoms with Gasteiger partial charge in [0, 0.05) is 11.8 Å². The maximum atomic E-state index is 13.2. The number of aromatic carboxylic acids is 1. The summed E-state index contributed by atoms with van der Waals surface area (Å²) in [7, 11) is 1.43. The molecule has 6 nitrogen and oxygen atoms in total. The Kier molecular flexibility index (Phi) is 4.04. The van der Waals surface area contributed by atoms with Crippen LogP contribution in [-0.4, -0.2) is 33.0 Å². The number of carboxylic acid groups (broad SMARTS) is 1. The van der Waals surface area contributed by atoms with Gasteiger partial charge in [-0.1, -0.05) is 6.07 Å². The summed E-state index contributed by atoms with van der Waals surface area (Å²) in [5.74, 6) is -1.11. The average Bonchev–Trinajstić information content (AvgIpc) is 3.12. The summed E-state index contributed by atoms with van der Waals surface area (Å²) in [5, 5.41) is 13.8. The van der Waals surface area contributed by atoms with Crippen LogP contribution in [0.15, 0.2) is 60.9 Å². The Labute approximate surface area is 153 Å². The van der Waals surface area contributed by atoms with Crippen LogP contribution in [0.5, 0.6) is 5.75 Å². The lowest BCUT2D eigenvalue weighted by Gasteiger charge is -2.08. The summed E-state index contributed by atoms with van der Waals surface area (Å²) in [4.78, 5) is 15.6. The van der Waals surface area contributed by atoms with Crippen LogP contribution in [0, 0.1) is 5.82 Å². The number of methoxy groups -OCH3 is 1. The largest absolute Gasteiger partial charge is 0.496 e. The molecule has 0 saturated heterocycles. The molecule has 4 rings (SSSR count). The highest BCUT2D eigenvalue weighted by Gasteiger charge is 2.15. The predicted molar refractivity (Wildman–Crippen MR) is 97.8 cm³/mol. The molecule has 0 unspecified atom stereocenters. The van der Waals surface area contributed by atoms with Crippen molar-refractivity contribution >= 4 is 17.0 Å². The standard InChI is InChI=1S/C20H14FN3O3/c1-27-18-10-12(2-7-16(18)20(25)26)15-8-9-22-17-11-24(23-19(15)17)14-5-3-13(21)4-6-14/h2-11H,1H3,(H,25,26). The molecule has 0 aliphatic carbocycles. The van der Waals surface area contributed by atoms with E-state index in [1.54, 1.807) is 47.4 Å². The summed E-state index contributed by atoms with van der Waals surface area (Å²) in [6.07, 6.45) is 3.42. The minimum Gasteiger partial charge on any atom is -0.496 e. The number of fused-ring (bicyclic) bond motifs is 1. The fourth-order valence-corrected chi connectivity index (χ4v) is 2.92. The molecular formula is C20H14FN3O3. The van der Waals surface area contributed by atoms with E-state index in [1.807, 2.05) is 0 Å². The Morgan fingerprint density at radius 3 is 2.63 bits per heavy atom. The van der Waals surface area contributed by atoms with Gasteiger partial charge in [-0.2, -0.15) is 5.10 Å². The summed E-state index contributed by atoms with van der Waals surface area (Å²) in [6.45, 7) is 0. The van der Waals surface area contributed by atoms with Crippen LogP contribution in [0.1, 0.15) is 10.4 Å². The monoisotopic (exact) mass is 363 g/mol. The highest BCUT2D eigenvalue weighted by atomic mass is 19.1. The van der Waals surface area contributed by atoms with Crippen molar-refractivity contribution in [2.45, 2.75) is 0 Å². The van der Waals surface area contributed by atoms with E-state index in [9.17, 15) is 14.3 Å². The average molecular weight is 363 g/mol. The lowest BCUT2D eigenvalue weighted by atomic mass is 10.0. The van der Waals surface area contributed by atoms with Crippen molar-refractivity contribution in [3.63, 3.8) is 0 Å². The van der Waals surface area contributed by atoms with Gasteiger partial charge in [-0.05, 0) is 48.0 Å². The Balaban J connectivity index is 1.85. The van der Waals surface area contributed by atoms with Crippen LogP contribution in [0.2, 0.25) is 0 Å². The molecule has 134 valence electrons. The van der Waals surface area contributed by atoms with Crippen molar-refractivity contribution in [3.05, 3.63) is 72.3 Å². The second-order valence-electron chi connectivity index (χ2n) is 5.86. The quantitative estimate of drug-likeness (QED) is 0.594. The maximum absolute atomic E-state index is 13.2. The molecule has 0 spiro atoms. The Morgan fingerprint density at radius 2 is 1.93 bits per heavy atom. The zero-order valence-corrected chi connectivity index (χ0v) is 14.3. The molecule has 0 amide bonds. The summed E-state index contributed by atoms with van der Waals surface area (Å²) in [6, 6.07) is 12.7. The molecule has 0 atom stereocenters. The van der Waals surface area contributed by atoms with Gasteiger partial charge < -0.3 is 9.84 Å². The Bertz CT molecular complexity index is 1150. The van der Waals surface area contributed by atoms with Gasteiger partial charge in [-0.25, -0.2) is 13.9 Å². The fraction of sp³-hybridized carbons (Fsp3) is 0.0500. The molecule has 0 bridgehead atoms. The number of ether oxygens (including phenoxy) is 1. The van der Waals surface area contributed by atoms with E-state index < -0.39 is 5.97 Å². The Morgan fingerprint density at radius 1 is 1.15 bits per heavy atom. The highest BCUT2D eigenvalue weighted by molar-refractivity contribution is 5.95. The van der Waals surface area contributed by atoms with E-state index in [1.165, 1.54) is 25.3 Å². The topological polar surface area (TPSA) is 77.2 Å². The first-order valence-corrected chi connectivity index (χ1v) is 8.09. The SMILES string of the molecule is COc1cc(-c2ccnc3cn(-c4ccc(F)cc4)nc23)ccc1C(=O)O. The van der Waals surface area contributed by atoms with Crippen LogP contribution < -0.4 is 4.74 Å². The maximum Gasteiger partial charge on any atom is 0.339 e. The number of carbonyl (C=O) groups is 1. The third kappa shape index (κ3) is 2.99.